The maximum Gasteiger partial charge on any atom is 0.234 e. The minimum atomic E-state index is 0.148. The zero-order valence-corrected chi connectivity index (χ0v) is 16.2. The molecule has 140 valence electrons. The van der Waals surface area contributed by atoms with Crippen molar-refractivity contribution in [2.45, 2.75) is 46.2 Å². The molecule has 1 heterocycles. The maximum absolute atomic E-state index is 12.1. The van der Waals surface area contributed by atoms with Crippen molar-refractivity contribution in [3.63, 3.8) is 0 Å². The number of ether oxygens (including phenoxy) is 1. The molecule has 1 aliphatic heterocycles. The second-order valence-electron chi connectivity index (χ2n) is 7.12. The number of aryl methyl sites for hydroxylation is 1. The van der Waals surface area contributed by atoms with Crippen LogP contribution in [0.1, 0.15) is 37.8 Å². The highest BCUT2D eigenvalue weighted by atomic mass is 16.5. The Bertz CT molecular complexity index is 554. The lowest BCUT2D eigenvalue weighted by molar-refractivity contribution is -0.123. The second-order valence-corrected chi connectivity index (χ2v) is 7.12. The Kier molecular flexibility index (Phi) is 7.72. The molecule has 0 saturated carbocycles. The molecule has 0 aromatic heterocycles. The number of carbonyl (C=O) groups excluding carboxylic acids is 1. The van der Waals surface area contributed by atoms with E-state index in [2.05, 4.69) is 48.0 Å². The zero-order valence-electron chi connectivity index (χ0n) is 16.2. The summed E-state index contributed by atoms with van der Waals surface area (Å²) in [5.74, 6) is 1.10. The predicted octanol–water partition coefficient (Wildman–Crippen LogP) is 2.43. The van der Waals surface area contributed by atoms with Crippen LogP contribution in [-0.2, 0) is 11.3 Å². The van der Waals surface area contributed by atoms with Crippen molar-refractivity contribution in [2.24, 2.45) is 0 Å². The van der Waals surface area contributed by atoms with Crippen molar-refractivity contribution in [3.8, 4) is 5.75 Å². The molecule has 0 aliphatic carbocycles. The van der Waals surface area contributed by atoms with E-state index in [9.17, 15) is 4.79 Å². The Morgan fingerprint density at radius 1 is 1.24 bits per heavy atom. The molecule has 1 atom stereocenters. The van der Waals surface area contributed by atoms with E-state index >= 15 is 0 Å². The molecule has 2 rings (SSSR count). The third kappa shape index (κ3) is 6.33. The lowest BCUT2D eigenvalue weighted by Gasteiger charge is -2.34. The van der Waals surface area contributed by atoms with Gasteiger partial charge >= 0.3 is 0 Å². The van der Waals surface area contributed by atoms with Gasteiger partial charge in [0.05, 0.1) is 13.7 Å². The lowest BCUT2D eigenvalue weighted by atomic mass is 10.1. The fraction of sp³-hybridized carbons (Fsp3) is 0.650. The van der Waals surface area contributed by atoms with Gasteiger partial charge < -0.3 is 10.1 Å². The van der Waals surface area contributed by atoms with Crippen LogP contribution in [0, 0.1) is 6.92 Å². The van der Waals surface area contributed by atoms with Crippen LogP contribution < -0.4 is 10.1 Å². The van der Waals surface area contributed by atoms with E-state index in [1.807, 2.05) is 6.07 Å². The third-order valence-corrected chi connectivity index (χ3v) is 4.79. The van der Waals surface area contributed by atoms with Crippen molar-refractivity contribution in [1.29, 1.82) is 0 Å². The van der Waals surface area contributed by atoms with E-state index < -0.39 is 0 Å². The first-order chi connectivity index (χ1) is 12.0. The molecule has 1 saturated heterocycles. The van der Waals surface area contributed by atoms with Gasteiger partial charge in [-0.15, -0.1) is 0 Å². The number of hydrogen-bond acceptors (Lipinski definition) is 4. The van der Waals surface area contributed by atoms with Crippen molar-refractivity contribution in [1.82, 2.24) is 15.1 Å². The molecule has 1 aromatic rings. The van der Waals surface area contributed by atoms with E-state index in [0.717, 1.165) is 51.3 Å². The highest BCUT2D eigenvalue weighted by Gasteiger charge is 2.20. The molecule has 1 fully saturated rings. The van der Waals surface area contributed by atoms with Gasteiger partial charge in [-0.3, -0.25) is 14.6 Å². The van der Waals surface area contributed by atoms with Crippen LogP contribution >= 0.6 is 0 Å². The predicted molar refractivity (Wildman–Crippen MR) is 102 cm³/mol. The smallest absolute Gasteiger partial charge is 0.234 e. The minimum Gasteiger partial charge on any atom is -0.496 e. The Morgan fingerprint density at radius 3 is 2.56 bits per heavy atom. The molecular formula is C20H33N3O2. The highest BCUT2D eigenvalue weighted by molar-refractivity contribution is 5.78. The number of carbonyl (C=O) groups is 1. The molecule has 1 aromatic carbocycles. The largest absolute Gasteiger partial charge is 0.496 e. The Hall–Kier alpha value is -1.59. The van der Waals surface area contributed by atoms with Gasteiger partial charge in [0.2, 0.25) is 5.91 Å². The monoisotopic (exact) mass is 347 g/mol. The molecule has 5 heteroatoms. The molecule has 25 heavy (non-hydrogen) atoms. The first kappa shape index (κ1) is 19.7. The van der Waals surface area contributed by atoms with Crippen LogP contribution in [0.3, 0.4) is 0 Å². The van der Waals surface area contributed by atoms with Gasteiger partial charge in [-0.2, -0.15) is 0 Å². The van der Waals surface area contributed by atoms with E-state index in [1.165, 1.54) is 11.1 Å². The van der Waals surface area contributed by atoms with Crippen LogP contribution in [0.25, 0.3) is 0 Å². The fourth-order valence-corrected chi connectivity index (χ4v) is 3.41. The van der Waals surface area contributed by atoms with Gasteiger partial charge in [0, 0.05) is 44.3 Å². The standard InChI is InChI=1S/C20H33N3O2/c1-5-6-17(3)21-20(24)15-23-11-9-22(10-12-23)14-18-13-16(2)7-8-19(18)25-4/h7-8,13,17H,5-6,9-12,14-15H2,1-4H3,(H,21,24)/t17-/m1/s1. The van der Waals surface area contributed by atoms with Crippen molar-refractivity contribution in [3.05, 3.63) is 29.3 Å². The number of hydrogen-bond donors (Lipinski definition) is 1. The minimum absolute atomic E-state index is 0.148. The Labute approximate surface area is 152 Å². The third-order valence-electron chi connectivity index (χ3n) is 4.79. The zero-order chi connectivity index (χ0) is 18.2. The van der Waals surface area contributed by atoms with Gasteiger partial charge in [-0.25, -0.2) is 0 Å². The molecule has 1 aliphatic rings. The number of rotatable bonds is 8. The van der Waals surface area contributed by atoms with E-state index in [1.54, 1.807) is 7.11 Å². The average molecular weight is 348 g/mol. The molecule has 0 bridgehead atoms. The number of piperazine rings is 1. The summed E-state index contributed by atoms with van der Waals surface area (Å²) in [5.41, 5.74) is 2.49. The lowest BCUT2D eigenvalue weighted by Crippen LogP contribution is -2.49. The number of nitrogens with zero attached hydrogens (tertiary/aromatic N) is 2. The summed E-state index contributed by atoms with van der Waals surface area (Å²) in [7, 11) is 1.73. The quantitative estimate of drug-likeness (QED) is 0.784. The van der Waals surface area contributed by atoms with Crippen LogP contribution in [0.2, 0.25) is 0 Å². The topological polar surface area (TPSA) is 44.8 Å². The summed E-state index contributed by atoms with van der Waals surface area (Å²) in [4.78, 5) is 16.8. The van der Waals surface area contributed by atoms with Crippen LogP contribution in [-0.4, -0.2) is 61.6 Å². The summed E-state index contributed by atoms with van der Waals surface area (Å²) in [6, 6.07) is 6.60. The number of amides is 1. The summed E-state index contributed by atoms with van der Waals surface area (Å²) in [6.07, 6.45) is 2.14. The average Bonchev–Trinajstić information content (AvgIpc) is 2.57. The first-order valence-corrected chi connectivity index (χ1v) is 9.39. The Balaban J connectivity index is 1.78. The SMILES string of the molecule is CCC[C@@H](C)NC(=O)CN1CCN(Cc2cc(C)ccc2OC)CC1. The van der Waals surface area contributed by atoms with Crippen LogP contribution in [0.4, 0.5) is 0 Å². The van der Waals surface area contributed by atoms with Crippen molar-refractivity contribution < 1.29 is 9.53 Å². The van der Waals surface area contributed by atoms with Crippen LogP contribution in [0.15, 0.2) is 18.2 Å². The second kappa shape index (κ2) is 9.78. The van der Waals surface area contributed by atoms with Gasteiger partial charge in [0.15, 0.2) is 0 Å². The van der Waals surface area contributed by atoms with E-state index in [0.29, 0.717) is 6.54 Å². The molecular weight excluding hydrogens is 314 g/mol. The normalized spacial score (nSPS) is 17.3. The van der Waals surface area contributed by atoms with Crippen molar-refractivity contribution in [2.75, 3.05) is 39.8 Å². The van der Waals surface area contributed by atoms with Gasteiger partial charge in [-0.05, 0) is 26.3 Å². The molecule has 1 N–H and O–H groups in total. The summed E-state index contributed by atoms with van der Waals surface area (Å²) < 4.78 is 5.48. The van der Waals surface area contributed by atoms with E-state index in [4.69, 9.17) is 4.74 Å². The Morgan fingerprint density at radius 2 is 1.92 bits per heavy atom. The van der Waals surface area contributed by atoms with Crippen LogP contribution in [0.5, 0.6) is 5.75 Å². The number of methoxy groups -OCH3 is 1. The highest BCUT2D eigenvalue weighted by Crippen LogP contribution is 2.21. The van der Waals surface area contributed by atoms with E-state index in [-0.39, 0.29) is 11.9 Å². The van der Waals surface area contributed by atoms with Gasteiger partial charge in [0.25, 0.3) is 0 Å². The van der Waals surface area contributed by atoms with Gasteiger partial charge in [0.1, 0.15) is 5.75 Å². The molecule has 1 amide bonds. The first-order valence-electron chi connectivity index (χ1n) is 9.39. The molecule has 0 radical (unpaired) electrons. The maximum atomic E-state index is 12.1. The number of nitrogens with one attached hydrogen (secondary N) is 1. The molecule has 0 spiro atoms. The van der Waals surface area contributed by atoms with Gasteiger partial charge in [-0.1, -0.05) is 31.0 Å². The fourth-order valence-electron chi connectivity index (χ4n) is 3.41. The van der Waals surface area contributed by atoms with Crippen molar-refractivity contribution >= 4 is 5.91 Å². The molecule has 0 unspecified atom stereocenters. The molecule has 5 nitrogen and oxygen atoms in total. The number of benzene rings is 1. The summed E-state index contributed by atoms with van der Waals surface area (Å²) in [6.45, 7) is 11.6. The summed E-state index contributed by atoms with van der Waals surface area (Å²) in [5, 5.41) is 3.09. The summed E-state index contributed by atoms with van der Waals surface area (Å²) >= 11 is 0.